The molecule has 0 radical (unpaired) electrons. The van der Waals surface area contributed by atoms with Crippen LogP contribution in [0.5, 0.6) is 0 Å². The summed E-state index contributed by atoms with van der Waals surface area (Å²) < 4.78 is 1.91. The van der Waals surface area contributed by atoms with Crippen LogP contribution in [0.25, 0.3) is 5.65 Å². The molecule has 0 spiro atoms. The van der Waals surface area contributed by atoms with Gasteiger partial charge in [-0.15, -0.1) is 0 Å². The van der Waals surface area contributed by atoms with Crippen LogP contribution in [0.3, 0.4) is 0 Å². The number of hydrogen-bond donors (Lipinski definition) is 3. The lowest BCUT2D eigenvalue weighted by molar-refractivity contribution is -0.119. The molecule has 2 aromatic heterocycles. The Kier molecular flexibility index (Phi) is 2.94. The summed E-state index contributed by atoms with van der Waals surface area (Å²) in [6, 6.07) is 0.0670. The van der Waals surface area contributed by atoms with E-state index in [0.717, 1.165) is 18.0 Å². The SMILES string of the molecule is CCNc1cn2ccnc2c(NC2CNC(=O)C2)n1. The minimum absolute atomic E-state index is 0.0670. The molecule has 1 amide bonds. The number of fused-ring (bicyclic) bond motifs is 1. The van der Waals surface area contributed by atoms with Crippen molar-refractivity contribution in [2.45, 2.75) is 19.4 Å². The molecule has 1 aliphatic rings. The first-order valence-electron chi connectivity index (χ1n) is 6.37. The van der Waals surface area contributed by atoms with E-state index in [1.54, 1.807) is 6.20 Å². The number of carbonyl (C=O) groups excluding carboxylic acids is 1. The quantitative estimate of drug-likeness (QED) is 0.744. The number of carbonyl (C=O) groups is 1. The highest BCUT2D eigenvalue weighted by Crippen LogP contribution is 2.18. The van der Waals surface area contributed by atoms with Gasteiger partial charge >= 0.3 is 0 Å². The number of anilines is 2. The first kappa shape index (κ1) is 11.8. The maximum absolute atomic E-state index is 11.2. The smallest absolute Gasteiger partial charge is 0.222 e. The van der Waals surface area contributed by atoms with Crippen molar-refractivity contribution in [3.63, 3.8) is 0 Å². The first-order chi connectivity index (χ1) is 9.26. The van der Waals surface area contributed by atoms with Gasteiger partial charge in [-0.25, -0.2) is 9.97 Å². The van der Waals surface area contributed by atoms with E-state index in [2.05, 4.69) is 25.9 Å². The molecule has 19 heavy (non-hydrogen) atoms. The van der Waals surface area contributed by atoms with E-state index in [9.17, 15) is 4.79 Å². The lowest BCUT2D eigenvalue weighted by Crippen LogP contribution is -2.23. The average Bonchev–Trinajstić information content (AvgIpc) is 2.99. The van der Waals surface area contributed by atoms with Crippen LogP contribution in [0.1, 0.15) is 13.3 Å². The van der Waals surface area contributed by atoms with Gasteiger partial charge in [0.15, 0.2) is 11.5 Å². The third-order valence-electron chi connectivity index (χ3n) is 3.05. The zero-order valence-corrected chi connectivity index (χ0v) is 10.7. The largest absolute Gasteiger partial charge is 0.369 e. The molecule has 1 fully saturated rings. The molecule has 7 heteroatoms. The predicted octanol–water partition coefficient (Wildman–Crippen LogP) is 0.461. The molecule has 100 valence electrons. The Balaban J connectivity index is 1.91. The van der Waals surface area contributed by atoms with Crippen LogP contribution in [-0.4, -0.2) is 39.4 Å². The molecule has 1 atom stereocenters. The second kappa shape index (κ2) is 4.75. The topological polar surface area (TPSA) is 83.4 Å². The zero-order chi connectivity index (χ0) is 13.2. The summed E-state index contributed by atoms with van der Waals surface area (Å²) in [6.45, 7) is 3.45. The molecule has 7 nitrogen and oxygen atoms in total. The molecule has 0 bridgehead atoms. The number of nitrogens with one attached hydrogen (secondary N) is 3. The highest BCUT2D eigenvalue weighted by atomic mass is 16.1. The van der Waals surface area contributed by atoms with Crippen LogP contribution in [0.2, 0.25) is 0 Å². The molecule has 2 aromatic rings. The third-order valence-corrected chi connectivity index (χ3v) is 3.05. The van der Waals surface area contributed by atoms with E-state index in [0.29, 0.717) is 18.8 Å². The van der Waals surface area contributed by atoms with E-state index in [-0.39, 0.29) is 11.9 Å². The molecule has 1 saturated heterocycles. The van der Waals surface area contributed by atoms with Crippen LogP contribution < -0.4 is 16.0 Å². The second-order valence-corrected chi connectivity index (χ2v) is 4.51. The van der Waals surface area contributed by atoms with Crippen molar-refractivity contribution in [3.8, 4) is 0 Å². The normalized spacial score (nSPS) is 18.6. The van der Waals surface area contributed by atoms with Gasteiger partial charge in [0.2, 0.25) is 5.91 Å². The van der Waals surface area contributed by atoms with Gasteiger partial charge in [0, 0.05) is 31.9 Å². The summed E-state index contributed by atoms with van der Waals surface area (Å²) in [5.41, 5.74) is 0.765. The van der Waals surface area contributed by atoms with Crippen molar-refractivity contribution in [2.75, 3.05) is 23.7 Å². The Morgan fingerprint density at radius 3 is 3.21 bits per heavy atom. The lowest BCUT2D eigenvalue weighted by Gasteiger charge is -2.13. The maximum atomic E-state index is 11.2. The van der Waals surface area contributed by atoms with Gasteiger partial charge in [-0.1, -0.05) is 0 Å². The summed E-state index contributed by atoms with van der Waals surface area (Å²) in [7, 11) is 0. The van der Waals surface area contributed by atoms with Crippen LogP contribution in [0.4, 0.5) is 11.6 Å². The second-order valence-electron chi connectivity index (χ2n) is 4.51. The number of imidazole rings is 1. The number of amides is 1. The van der Waals surface area contributed by atoms with Crippen LogP contribution in [-0.2, 0) is 4.79 Å². The molecule has 0 saturated carbocycles. The Morgan fingerprint density at radius 1 is 1.58 bits per heavy atom. The van der Waals surface area contributed by atoms with Gasteiger partial charge in [-0.3, -0.25) is 4.79 Å². The molecule has 0 aliphatic carbocycles. The zero-order valence-electron chi connectivity index (χ0n) is 10.7. The van der Waals surface area contributed by atoms with E-state index in [1.165, 1.54) is 0 Å². The fourth-order valence-electron chi connectivity index (χ4n) is 2.20. The van der Waals surface area contributed by atoms with E-state index < -0.39 is 0 Å². The summed E-state index contributed by atoms with van der Waals surface area (Å²) >= 11 is 0. The Bertz CT molecular complexity index is 607. The van der Waals surface area contributed by atoms with Crippen molar-refractivity contribution in [3.05, 3.63) is 18.6 Å². The van der Waals surface area contributed by atoms with E-state index in [4.69, 9.17) is 0 Å². The molecular weight excluding hydrogens is 244 g/mol. The number of rotatable bonds is 4. The van der Waals surface area contributed by atoms with Gasteiger partial charge in [-0.2, -0.15) is 0 Å². The van der Waals surface area contributed by atoms with Gasteiger partial charge in [0.25, 0.3) is 0 Å². The van der Waals surface area contributed by atoms with Crippen LogP contribution in [0.15, 0.2) is 18.6 Å². The summed E-state index contributed by atoms with van der Waals surface area (Å²) in [5.74, 6) is 1.55. The first-order valence-corrected chi connectivity index (χ1v) is 6.37. The molecular formula is C12H16N6O. The predicted molar refractivity (Wildman–Crippen MR) is 72.2 cm³/mol. The molecule has 0 aromatic carbocycles. The standard InChI is InChI=1S/C12H16N6O/c1-2-13-9-7-18-4-3-14-12(18)11(17-9)16-8-5-10(19)15-6-8/h3-4,7-8,13H,2,5-6H2,1H3,(H,15,19)(H,16,17). The summed E-state index contributed by atoms with van der Waals surface area (Å²) in [5, 5.41) is 9.26. The highest BCUT2D eigenvalue weighted by Gasteiger charge is 2.22. The monoisotopic (exact) mass is 260 g/mol. The molecule has 1 unspecified atom stereocenters. The Labute approximate surface area is 110 Å². The van der Waals surface area contributed by atoms with Crippen LogP contribution in [0, 0.1) is 0 Å². The summed E-state index contributed by atoms with van der Waals surface area (Å²) in [4.78, 5) is 20.0. The molecule has 3 rings (SSSR count). The van der Waals surface area contributed by atoms with Crippen molar-refractivity contribution < 1.29 is 4.79 Å². The van der Waals surface area contributed by atoms with Crippen LogP contribution >= 0.6 is 0 Å². The van der Waals surface area contributed by atoms with Crippen molar-refractivity contribution in [1.82, 2.24) is 19.7 Å². The van der Waals surface area contributed by atoms with Crippen molar-refractivity contribution in [1.29, 1.82) is 0 Å². The minimum Gasteiger partial charge on any atom is -0.369 e. The Morgan fingerprint density at radius 2 is 2.47 bits per heavy atom. The molecule has 3 N–H and O–H groups in total. The summed E-state index contributed by atoms with van der Waals surface area (Å²) in [6.07, 6.45) is 5.98. The average molecular weight is 260 g/mol. The van der Waals surface area contributed by atoms with Crippen molar-refractivity contribution >= 4 is 23.2 Å². The fourth-order valence-corrected chi connectivity index (χ4v) is 2.20. The third kappa shape index (κ3) is 2.31. The van der Waals surface area contributed by atoms with Gasteiger partial charge in [0.05, 0.1) is 12.2 Å². The Hall–Kier alpha value is -2.31. The lowest BCUT2D eigenvalue weighted by atomic mass is 10.2. The fraction of sp³-hybridized carbons (Fsp3) is 0.417. The van der Waals surface area contributed by atoms with E-state index in [1.807, 2.05) is 23.7 Å². The molecule has 3 heterocycles. The van der Waals surface area contributed by atoms with Gasteiger partial charge in [-0.05, 0) is 6.92 Å². The molecule has 1 aliphatic heterocycles. The van der Waals surface area contributed by atoms with E-state index >= 15 is 0 Å². The number of aromatic nitrogens is 3. The number of hydrogen-bond acceptors (Lipinski definition) is 5. The van der Waals surface area contributed by atoms with Crippen molar-refractivity contribution in [2.24, 2.45) is 0 Å². The number of nitrogens with zero attached hydrogens (tertiary/aromatic N) is 3. The van der Waals surface area contributed by atoms with Gasteiger partial charge in [0.1, 0.15) is 5.82 Å². The van der Waals surface area contributed by atoms with Gasteiger partial charge < -0.3 is 20.4 Å². The minimum atomic E-state index is 0.0670. The highest BCUT2D eigenvalue weighted by molar-refractivity contribution is 5.80. The maximum Gasteiger partial charge on any atom is 0.222 e.